The Bertz CT molecular complexity index is 1630. The number of fused-ring (bicyclic) bond motifs is 5. The van der Waals surface area contributed by atoms with Crippen molar-refractivity contribution in [3.8, 4) is 0 Å². The van der Waals surface area contributed by atoms with Gasteiger partial charge in [-0.1, -0.05) is 32.4 Å². The summed E-state index contributed by atoms with van der Waals surface area (Å²) in [6, 6.07) is 0. The summed E-state index contributed by atoms with van der Waals surface area (Å²) >= 11 is 0. The number of nitrogens with zero attached hydrogens (tertiary/aromatic N) is 3. The molecule has 9 fully saturated rings. The van der Waals surface area contributed by atoms with E-state index in [2.05, 4.69) is 24.2 Å². The predicted molar refractivity (Wildman–Crippen MR) is 177 cm³/mol. The molecule has 56 heavy (non-hydrogen) atoms. The van der Waals surface area contributed by atoms with Gasteiger partial charge in [0.15, 0.2) is 17.5 Å². The monoisotopic (exact) mass is 811 g/mol. The number of hydrogen-bond acceptors (Lipinski definition) is 12. The highest BCUT2D eigenvalue weighted by atomic mass is 19.4. The maximum absolute atomic E-state index is 15.1. The summed E-state index contributed by atoms with van der Waals surface area (Å²) in [5.74, 6) is -8.53. The highest BCUT2D eigenvalue weighted by Gasteiger charge is 2.77. The van der Waals surface area contributed by atoms with Gasteiger partial charge < -0.3 is 28.4 Å². The second kappa shape index (κ2) is 14.3. The maximum Gasteiger partial charge on any atom is 0.448 e. The quantitative estimate of drug-likeness (QED) is 0.101. The first kappa shape index (κ1) is 40.7. The number of aromatic nitrogens is 3. The molecule has 0 N–H and O–H groups in total. The van der Waals surface area contributed by atoms with Crippen LogP contribution in [0.2, 0.25) is 0 Å². The Morgan fingerprint density at radius 1 is 0.857 bits per heavy atom. The predicted octanol–water partition coefficient (Wildman–Crippen LogP) is 7.40. The van der Waals surface area contributed by atoms with E-state index in [-0.39, 0.29) is 42.5 Å². The van der Waals surface area contributed by atoms with Crippen LogP contribution in [-0.2, 0) is 61.1 Å². The molecular formula is C37H51F6N3O10. The molecule has 2 unspecified atom stereocenters. The molecule has 10 rings (SSSR count). The van der Waals surface area contributed by atoms with Crippen molar-refractivity contribution in [2.75, 3.05) is 13.2 Å². The molecule has 316 valence electrons. The van der Waals surface area contributed by atoms with E-state index >= 15 is 13.2 Å². The zero-order valence-corrected chi connectivity index (χ0v) is 32.2. The van der Waals surface area contributed by atoms with Crippen LogP contribution in [0.5, 0.6) is 0 Å². The Hall–Kier alpha value is -2.10. The summed E-state index contributed by atoms with van der Waals surface area (Å²) in [6.07, 6.45) is -4.90. The fourth-order valence-corrected chi connectivity index (χ4v) is 10.6. The van der Waals surface area contributed by atoms with E-state index in [0.29, 0.717) is 44.9 Å². The average Bonchev–Trinajstić information content (AvgIpc) is 3.28. The second-order valence-corrected chi connectivity index (χ2v) is 17.2. The molecule has 19 heteroatoms. The van der Waals surface area contributed by atoms with Gasteiger partial charge in [0, 0.05) is 30.6 Å². The SMILES string of the molecule is C[C@@H]1CC[C@H]2[C@@H](C)[C@](OCCn3cc(COCC=C(O[C@@H]4O[C@]5(C)CCC6[C@H](C)CCC[C@]64OO5)C(F)(F)F)nn3)(C(F)(F)F)O[C@@H]3O[C@]4(C)CCC1[C@]32OO4. The van der Waals surface area contributed by atoms with Crippen molar-refractivity contribution in [2.45, 2.75) is 159 Å². The van der Waals surface area contributed by atoms with Gasteiger partial charge in [-0.3, -0.25) is 0 Å². The molecule has 2 spiro atoms. The number of halogens is 6. The molecule has 8 heterocycles. The molecule has 2 aliphatic carbocycles. The first-order valence-corrected chi connectivity index (χ1v) is 19.7. The van der Waals surface area contributed by atoms with E-state index in [1.807, 2.05) is 0 Å². The van der Waals surface area contributed by atoms with Crippen LogP contribution in [0, 0.1) is 35.5 Å². The van der Waals surface area contributed by atoms with Crippen molar-refractivity contribution < 1.29 is 74.3 Å². The van der Waals surface area contributed by atoms with Gasteiger partial charge in [0.2, 0.25) is 23.6 Å². The van der Waals surface area contributed by atoms with Crippen molar-refractivity contribution >= 4 is 0 Å². The van der Waals surface area contributed by atoms with Crippen LogP contribution in [0.4, 0.5) is 26.3 Å². The topological polar surface area (TPSA) is 123 Å². The van der Waals surface area contributed by atoms with E-state index < -0.39 is 84.3 Å². The van der Waals surface area contributed by atoms with E-state index in [4.69, 9.17) is 48.0 Å². The minimum atomic E-state index is -4.94. The first-order chi connectivity index (χ1) is 26.3. The Kier molecular flexibility index (Phi) is 10.4. The summed E-state index contributed by atoms with van der Waals surface area (Å²) in [6.45, 7) is 7.51. The molecule has 9 aliphatic rings. The normalized spacial score (nSPS) is 45.2. The third-order valence-corrected chi connectivity index (χ3v) is 13.6. The van der Waals surface area contributed by atoms with Crippen molar-refractivity contribution in [3.63, 3.8) is 0 Å². The summed E-state index contributed by atoms with van der Waals surface area (Å²) < 4.78 is 124. The van der Waals surface area contributed by atoms with Gasteiger partial charge in [0.05, 0.1) is 32.6 Å². The van der Waals surface area contributed by atoms with Gasteiger partial charge in [-0.25, -0.2) is 24.2 Å². The molecule has 13 nitrogen and oxygen atoms in total. The van der Waals surface area contributed by atoms with E-state index in [0.717, 1.165) is 18.9 Å². The minimum absolute atomic E-state index is 0.114. The molecule has 7 aliphatic heterocycles. The van der Waals surface area contributed by atoms with Gasteiger partial charge in [-0.2, -0.15) is 26.3 Å². The van der Waals surface area contributed by atoms with Gasteiger partial charge in [0.25, 0.3) is 5.79 Å². The lowest BCUT2D eigenvalue weighted by molar-refractivity contribution is -0.599. The molecular weight excluding hydrogens is 760 g/mol. The lowest BCUT2D eigenvalue weighted by Gasteiger charge is -2.62. The van der Waals surface area contributed by atoms with Crippen LogP contribution in [0.3, 0.4) is 0 Å². The molecule has 4 bridgehead atoms. The smallest absolute Gasteiger partial charge is 0.448 e. The zero-order valence-electron chi connectivity index (χ0n) is 32.2. The second-order valence-electron chi connectivity index (χ2n) is 17.2. The number of ether oxygens (including phenoxy) is 6. The molecule has 0 aromatic carbocycles. The van der Waals surface area contributed by atoms with Crippen LogP contribution in [0.25, 0.3) is 0 Å². The van der Waals surface area contributed by atoms with Crippen molar-refractivity contribution in [1.29, 1.82) is 0 Å². The Balaban J connectivity index is 0.900. The van der Waals surface area contributed by atoms with Crippen LogP contribution in [0.1, 0.15) is 98.1 Å². The molecule has 13 atom stereocenters. The molecule has 1 aromatic heterocycles. The van der Waals surface area contributed by atoms with Crippen molar-refractivity contribution in [2.24, 2.45) is 35.5 Å². The summed E-state index contributed by atoms with van der Waals surface area (Å²) in [5, 5.41) is 7.92. The molecule has 0 radical (unpaired) electrons. The lowest BCUT2D eigenvalue weighted by Crippen LogP contribution is -2.76. The third-order valence-electron chi connectivity index (χ3n) is 13.6. The summed E-state index contributed by atoms with van der Waals surface area (Å²) in [7, 11) is 0. The first-order valence-electron chi connectivity index (χ1n) is 19.7. The van der Waals surface area contributed by atoms with Crippen LogP contribution >= 0.6 is 0 Å². The van der Waals surface area contributed by atoms with Crippen molar-refractivity contribution in [3.05, 3.63) is 23.7 Å². The molecule has 1 aromatic rings. The van der Waals surface area contributed by atoms with E-state index in [9.17, 15) is 13.2 Å². The van der Waals surface area contributed by atoms with Crippen LogP contribution < -0.4 is 0 Å². The fourth-order valence-electron chi connectivity index (χ4n) is 10.6. The fraction of sp³-hybridized carbons (Fsp3) is 0.892. The minimum Gasteiger partial charge on any atom is -0.457 e. The highest BCUT2D eigenvalue weighted by molar-refractivity contribution is 5.13. The van der Waals surface area contributed by atoms with Gasteiger partial charge in [-0.15, -0.1) is 5.10 Å². The van der Waals surface area contributed by atoms with Crippen LogP contribution in [0.15, 0.2) is 18.0 Å². The molecule has 7 saturated heterocycles. The Morgan fingerprint density at radius 3 is 2.32 bits per heavy atom. The molecule has 0 amide bonds. The summed E-state index contributed by atoms with van der Waals surface area (Å²) in [5.41, 5.74) is -2.17. The van der Waals surface area contributed by atoms with Gasteiger partial charge in [0.1, 0.15) is 5.69 Å². The number of hydrogen-bond donors (Lipinski definition) is 0. The maximum atomic E-state index is 15.1. The Morgan fingerprint density at radius 2 is 1.57 bits per heavy atom. The summed E-state index contributed by atoms with van der Waals surface area (Å²) in [4.78, 5) is 23.1. The number of rotatable bonds is 10. The Labute approximate surface area is 320 Å². The highest BCUT2D eigenvalue weighted by Crippen LogP contribution is 2.64. The average molecular weight is 812 g/mol. The van der Waals surface area contributed by atoms with E-state index in [1.165, 1.54) is 17.8 Å². The van der Waals surface area contributed by atoms with E-state index in [1.54, 1.807) is 13.8 Å². The number of alkyl halides is 6. The van der Waals surface area contributed by atoms with Crippen molar-refractivity contribution in [1.82, 2.24) is 15.0 Å². The lowest BCUT2D eigenvalue weighted by atomic mass is 9.57. The largest absolute Gasteiger partial charge is 0.457 e. The number of allylic oxidation sites excluding steroid dienone is 1. The zero-order chi connectivity index (χ0) is 39.9. The standard InChI is InChI=1S/C37H51F6N3O10/c1-21-7-6-13-33-25(21)10-14-31(4,53-55-33)50-29(33)49-28(36(38,39)40)12-17-47-20-24-19-46(45-44-24)16-18-48-35(37(41,42)43)23(3)27-9-8-22(2)26-11-15-32(5)51-30(52-35)34(26,27)56-54-32/h12,19,21-23,25-27,29-30H,6-11,13-18,20H2,1-5H3/t21-,22-,23-,25?,26?,27+,29-,30+,31+,32+,33+,34-,35-/m1/s1. The van der Waals surface area contributed by atoms with Gasteiger partial charge >= 0.3 is 12.4 Å². The van der Waals surface area contributed by atoms with Crippen LogP contribution in [-0.4, -0.2) is 81.7 Å². The molecule has 2 saturated carbocycles. The third kappa shape index (κ3) is 6.77. The van der Waals surface area contributed by atoms with Gasteiger partial charge in [-0.05, 0) is 76.2 Å².